The van der Waals surface area contributed by atoms with Crippen LogP contribution in [0.25, 0.3) is 11.1 Å². The van der Waals surface area contributed by atoms with Crippen LogP contribution in [0.5, 0.6) is 0 Å². The van der Waals surface area contributed by atoms with Crippen LogP contribution in [0.3, 0.4) is 0 Å². The molecule has 4 heteroatoms. The zero-order valence-corrected chi connectivity index (χ0v) is 11.7. The van der Waals surface area contributed by atoms with Gasteiger partial charge in [0.25, 0.3) is 0 Å². The Kier molecular flexibility index (Phi) is 3.83. The molecule has 2 aromatic rings. The smallest absolute Gasteiger partial charge is 0.126 e. The lowest BCUT2D eigenvalue weighted by molar-refractivity contribution is 0.00400. The minimum Gasteiger partial charge on any atom is -0.376 e. The van der Waals surface area contributed by atoms with Gasteiger partial charge in [0, 0.05) is 18.4 Å². The van der Waals surface area contributed by atoms with Gasteiger partial charge in [-0.05, 0) is 43.4 Å². The summed E-state index contributed by atoms with van der Waals surface area (Å²) < 4.78 is 21.2. The Morgan fingerprint density at radius 2 is 2.25 bits per heavy atom. The monoisotopic (exact) mass is 274 g/mol. The standard InChI is InChI=1S/C16H19FN2O/c1-12-5-6-13(8-16(12)17)14-9-18-19(10-14)11-15-4-2-3-7-20-15/h5-6,8-10,15H,2-4,7,11H2,1H3. The number of halogens is 1. The molecule has 1 aliphatic rings. The lowest BCUT2D eigenvalue weighted by Gasteiger charge is -2.22. The van der Waals surface area contributed by atoms with Crippen LogP contribution in [0.15, 0.2) is 30.6 Å². The SMILES string of the molecule is Cc1ccc(-c2cnn(CC3CCCCO3)c2)cc1F. The number of benzene rings is 1. The summed E-state index contributed by atoms with van der Waals surface area (Å²) in [6, 6.07) is 5.29. The molecule has 1 aromatic heterocycles. The highest BCUT2D eigenvalue weighted by Gasteiger charge is 2.15. The third-order valence-electron chi connectivity index (χ3n) is 3.80. The van der Waals surface area contributed by atoms with E-state index in [1.807, 2.05) is 16.9 Å². The first kappa shape index (κ1) is 13.3. The summed E-state index contributed by atoms with van der Waals surface area (Å²) >= 11 is 0. The number of hydrogen-bond acceptors (Lipinski definition) is 2. The molecule has 3 rings (SSSR count). The van der Waals surface area contributed by atoms with Crippen molar-refractivity contribution in [3.05, 3.63) is 42.0 Å². The number of aromatic nitrogens is 2. The zero-order valence-electron chi connectivity index (χ0n) is 11.7. The van der Waals surface area contributed by atoms with Gasteiger partial charge in [0.15, 0.2) is 0 Å². The summed E-state index contributed by atoms with van der Waals surface area (Å²) in [7, 11) is 0. The van der Waals surface area contributed by atoms with Gasteiger partial charge >= 0.3 is 0 Å². The molecule has 106 valence electrons. The molecule has 1 aromatic carbocycles. The minimum absolute atomic E-state index is 0.175. The van der Waals surface area contributed by atoms with E-state index in [0.717, 1.165) is 37.1 Å². The summed E-state index contributed by atoms with van der Waals surface area (Å²) in [5.74, 6) is -0.175. The van der Waals surface area contributed by atoms with Crippen LogP contribution in [0, 0.1) is 12.7 Å². The Labute approximate surface area is 118 Å². The molecule has 20 heavy (non-hydrogen) atoms. The number of rotatable bonds is 3. The molecule has 0 amide bonds. The Bertz CT molecular complexity index is 588. The molecule has 1 unspecified atom stereocenters. The van der Waals surface area contributed by atoms with E-state index < -0.39 is 0 Å². The molecule has 1 atom stereocenters. The summed E-state index contributed by atoms with van der Waals surface area (Å²) in [6.07, 6.45) is 7.47. The van der Waals surface area contributed by atoms with Crippen molar-refractivity contribution < 1.29 is 9.13 Å². The van der Waals surface area contributed by atoms with E-state index in [-0.39, 0.29) is 11.9 Å². The fourth-order valence-corrected chi connectivity index (χ4v) is 2.54. The fourth-order valence-electron chi connectivity index (χ4n) is 2.54. The van der Waals surface area contributed by atoms with Crippen molar-refractivity contribution in [3.63, 3.8) is 0 Å². The Morgan fingerprint density at radius 1 is 1.35 bits per heavy atom. The van der Waals surface area contributed by atoms with E-state index in [0.29, 0.717) is 5.56 Å². The highest BCUT2D eigenvalue weighted by atomic mass is 19.1. The molecule has 1 saturated heterocycles. The second-order valence-electron chi connectivity index (χ2n) is 5.40. The van der Waals surface area contributed by atoms with Crippen molar-refractivity contribution >= 4 is 0 Å². The predicted molar refractivity (Wildman–Crippen MR) is 75.9 cm³/mol. The first-order valence-electron chi connectivity index (χ1n) is 7.13. The van der Waals surface area contributed by atoms with Gasteiger partial charge in [-0.15, -0.1) is 0 Å². The Morgan fingerprint density at radius 3 is 3.00 bits per heavy atom. The molecule has 0 N–H and O–H groups in total. The van der Waals surface area contributed by atoms with Gasteiger partial charge < -0.3 is 4.74 Å². The molecule has 1 aliphatic heterocycles. The molecular formula is C16H19FN2O. The van der Waals surface area contributed by atoms with Crippen LogP contribution < -0.4 is 0 Å². The maximum Gasteiger partial charge on any atom is 0.126 e. The van der Waals surface area contributed by atoms with Crippen molar-refractivity contribution in [3.8, 4) is 11.1 Å². The maximum absolute atomic E-state index is 13.6. The lowest BCUT2D eigenvalue weighted by Crippen LogP contribution is -2.24. The minimum atomic E-state index is -0.175. The first-order chi connectivity index (χ1) is 9.72. The topological polar surface area (TPSA) is 27.1 Å². The van der Waals surface area contributed by atoms with Crippen molar-refractivity contribution in [2.75, 3.05) is 6.61 Å². The average molecular weight is 274 g/mol. The second-order valence-corrected chi connectivity index (χ2v) is 5.40. The van der Waals surface area contributed by atoms with Crippen LogP contribution in [0.2, 0.25) is 0 Å². The number of nitrogens with zero attached hydrogens (tertiary/aromatic N) is 2. The molecule has 0 radical (unpaired) electrons. The third kappa shape index (κ3) is 2.90. The first-order valence-corrected chi connectivity index (χ1v) is 7.13. The molecule has 3 nitrogen and oxygen atoms in total. The van der Waals surface area contributed by atoms with Gasteiger partial charge in [0.2, 0.25) is 0 Å². The van der Waals surface area contributed by atoms with Crippen LogP contribution in [-0.4, -0.2) is 22.5 Å². The van der Waals surface area contributed by atoms with Crippen molar-refractivity contribution in [1.82, 2.24) is 9.78 Å². The molecule has 0 spiro atoms. The number of ether oxygens (including phenoxy) is 1. The second kappa shape index (κ2) is 5.75. The average Bonchev–Trinajstić information content (AvgIpc) is 2.91. The summed E-state index contributed by atoms with van der Waals surface area (Å²) in [5.41, 5.74) is 2.47. The van der Waals surface area contributed by atoms with Crippen LogP contribution in [0.1, 0.15) is 24.8 Å². The van der Waals surface area contributed by atoms with Gasteiger partial charge in [0.1, 0.15) is 5.82 Å². The van der Waals surface area contributed by atoms with E-state index in [1.54, 1.807) is 25.3 Å². The van der Waals surface area contributed by atoms with Crippen molar-refractivity contribution in [2.45, 2.75) is 38.8 Å². The van der Waals surface area contributed by atoms with E-state index in [1.165, 1.54) is 6.42 Å². The molecule has 1 fully saturated rings. The molecule has 0 bridgehead atoms. The number of aryl methyl sites for hydroxylation is 1. The highest BCUT2D eigenvalue weighted by Crippen LogP contribution is 2.22. The quantitative estimate of drug-likeness (QED) is 0.855. The van der Waals surface area contributed by atoms with E-state index in [2.05, 4.69) is 5.10 Å². The van der Waals surface area contributed by atoms with E-state index >= 15 is 0 Å². The molecule has 2 heterocycles. The van der Waals surface area contributed by atoms with Crippen LogP contribution >= 0.6 is 0 Å². The summed E-state index contributed by atoms with van der Waals surface area (Å²) in [4.78, 5) is 0. The van der Waals surface area contributed by atoms with Crippen LogP contribution in [0.4, 0.5) is 4.39 Å². The lowest BCUT2D eigenvalue weighted by atomic mass is 10.1. The van der Waals surface area contributed by atoms with Crippen molar-refractivity contribution in [1.29, 1.82) is 0 Å². The van der Waals surface area contributed by atoms with Crippen LogP contribution in [-0.2, 0) is 11.3 Å². The van der Waals surface area contributed by atoms with Gasteiger partial charge in [-0.2, -0.15) is 5.10 Å². The van der Waals surface area contributed by atoms with Gasteiger partial charge in [-0.3, -0.25) is 4.68 Å². The fraction of sp³-hybridized carbons (Fsp3) is 0.438. The van der Waals surface area contributed by atoms with Gasteiger partial charge in [-0.25, -0.2) is 4.39 Å². The van der Waals surface area contributed by atoms with Gasteiger partial charge in [-0.1, -0.05) is 12.1 Å². The molecule has 0 saturated carbocycles. The highest BCUT2D eigenvalue weighted by molar-refractivity contribution is 5.62. The zero-order chi connectivity index (χ0) is 13.9. The summed E-state index contributed by atoms with van der Waals surface area (Å²) in [5, 5.41) is 4.35. The molecule has 0 aliphatic carbocycles. The van der Waals surface area contributed by atoms with E-state index in [4.69, 9.17) is 4.74 Å². The number of hydrogen-bond donors (Lipinski definition) is 0. The third-order valence-corrected chi connectivity index (χ3v) is 3.80. The maximum atomic E-state index is 13.6. The van der Waals surface area contributed by atoms with E-state index in [9.17, 15) is 4.39 Å². The van der Waals surface area contributed by atoms with Gasteiger partial charge in [0.05, 0.1) is 18.8 Å². The largest absolute Gasteiger partial charge is 0.376 e. The molecular weight excluding hydrogens is 255 g/mol. The Balaban J connectivity index is 1.73. The predicted octanol–water partition coefficient (Wildman–Crippen LogP) is 3.57. The Hall–Kier alpha value is -1.68. The normalized spacial score (nSPS) is 19.2. The van der Waals surface area contributed by atoms with Crippen molar-refractivity contribution in [2.24, 2.45) is 0 Å². The summed E-state index contributed by atoms with van der Waals surface area (Å²) in [6.45, 7) is 3.39.